The number of sulfonamides is 1. The molecule has 1 aromatic carbocycles. The molecule has 0 saturated carbocycles. The Morgan fingerprint density at radius 3 is 2.28 bits per heavy atom. The van der Waals surface area contributed by atoms with Gasteiger partial charge in [-0.05, 0) is 26.3 Å². The molecule has 0 aliphatic rings. The molecule has 0 bridgehead atoms. The van der Waals surface area contributed by atoms with Gasteiger partial charge in [0.1, 0.15) is 6.61 Å². The first kappa shape index (κ1) is 20.9. The average molecular weight is 369 g/mol. The summed E-state index contributed by atoms with van der Waals surface area (Å²) in [4.78, 5) is 22.7. The first-order valence-corrected chi connectivity index (χ1v) is 9.42. The average Bonchev–Trinajstić information content (AvgIpc) is 2.50. The first-order valence-electron chi connectivity index (χ1n) is 7.77. The van der Waals surface area contributed by atoms with E-state index >= 15 is 0 Å². The zero-order valence-electron chi connectivity index (χ0n) is 14.5. The maximum Gasteiger partial charge on any atom is 0.331 e. The largest absolute Gasteiger partial charge is 0.461 e. The number of rotatable bonds is 9. The Morgan fingerprint density at radius 2 is 1.68 bits per heavy atom. The van der Waals surface area contributed by atoms with Gasteiger partial charge in [-0.25, -0.2) is 22.7 Å². The molecular formula is C17H23NO6S. The lowest BCUT2D eigenvalue weighted by molar-refractivity contribution is -0.143. The van der Waals surface area contributed by atoms with E-state index in [9.17, 15) is 18.0 Å². The van der Waals surface area contributed by atoms with E-state index in [0.29, 0.717) is 5.56 Å². The van der Waals surface area contributed by atoms with Crippen LogP contribution in [0.2, 0.25) is 0 Å². The van der Waals surface area contributed by atoms with Crippen LogP contribution < -0.4 is 4.72 Å². The zero-order valence-corrected chi connectivity index (χ0v) is 15.3. The summed E-state index contributed by atoms with van der Waals surface area (Å²) in [5, 5.41) is 0. The highest BCUT2D eigenvalue weighted by molar-refractivity contribution is 7.88. The number of nitrogens with one attached hydrogen (secondary N) is 1. The van der Waals surface area contributed by atoms with E-state index in [-0.39, 0.29) is 18.5 Å². The van der Waals surface area contributed by atoms with E-state index in [0.717, 1.165) is 12.2 Å². The smallest absolute Gasteiger partial charge is 0.331 e. The number of esters is 2. The Bertz CT molecular complexity index is 697. The van der Waals surface area contributed by atoms with Crippen molar-refractivity contribution in [3.63, 3.8) is 0 Å². The monoisotopic (exact) mass is 369 g/mol. The van der Waals surface area contributed by atoms with Crippen LogP contribution in [0.1, 0.15) is 26.3 Å². The Kier molecular flexibility index (Phi) is 8.30. The molecule has 1 atom stereocenters. The molecule has 0 aliphatic heterocycles. The molecule has 1 unspecified atom stereocenters. The van der Waals surface area contributed by atoms with Crippen LogP contribution >= 0.6 is 0 Å². The van der Waals surface area contributed by atoms with Gasteiger partial charge in [0.2, 0.25) is 10.0 Å². The quantitative estimate of drug-likeness (QED) is 0.524. The van der Waals surface area contributed by atoms with Crippen molar-refractivity contribution >= 4 is 22.0 Å². The fraction of sp³-hybridized carbons (Fsp3) is 0.412. The van der Waals surface area contributed by atoms with E-state index < -0.39 is 28.0 Å². The summed E-state index contributed by atoms with van der Waals surface area (Å²) in [5.74, 6) is -1.56. The Hall–Kier alpha value is -2.19. The van der Waals surface area contributed by atoms with Crippen molar-refractivity contribution in [1.82, 2.24) is 4.72 Å². The van der Waals surface area contributed by atoms with Crippen LogP contribution in [-0.4, -0.2) is 39.1 Å². The number of hydrogen-bond acceptors (Lipinski definition) is 6. The van der Waals surface area contributed by atoms with Crippen molar-refractivity contribution in [2.75, 3.05) is 6.61 Å². The molecule has 8 heteroatoms. The van der Waals surface area contributed by atoms with Crippen LogP contribution in [0.25, 0.3) is 0 Å². The van der Waals surface area contributed by atoms with Crippen molar-refractivity contribution in [2.45, 2.75) is 38.7 Å². The second-order valence-corrected chi connectivity index (χ2v) is 7.47. The first-order chi connectivity index (χ1) is 11.7. The summed E-state index contributed by atoms with van der Waals surface area (Å²) in [6, 6.07) is 8.14. The molecule has 138 valence electrons. The van der Waals surface area contributed by atoms with Crippen molar-refractivity contribution < 1.29 is 27.5 Å². The van der Waals surface area contributed by atoms with Gasteiger partial charge in [0.15, 0.2) is 0 Å². The summed E-state index contributed by atoms with van der Waals surface area (Å²) < 4.78 is 36.2. The predicted octanol–water partition coefficient (Wildman–Crippen LogP) is 1.55. The molecule has 1 rings (SSSR count). The highest BCUT2D eigenvalue weighted by Gasteiger charge is 2.16. The molecule has 0 aliphatic carbocycles. The second-order valence-electron chi connectivity index (χ2n) is 5.71. The van der Waals surface area contributed by atoms with Crippen LogP contribution in [-0.2, 0) is 34.8 Å². The standard InChI is InChI=1S/C17H23NO6S/c1-13(2)24-17(20)10-9-16(19)23-11-14(3)18-25(21,22)12-15-7-5-4-6-8-15/h4-10,13-14,18H,11-12H2,1-3H3. The summed E-state index contributed by atoms with van der Waals surface area (Å²) in [5.41, 5.74) is 0.658. The molecule has 0 heterocycles. The van der Waals surface area contributed by atoms with Crippen molar-refractivity contribution in [3.8, 4) is 0 Å². The lowest BCUT2D eigenvalue weighted by Gasteiger charge is -2.14. The van der Waals surface area contributed by atoms with Gasteiger partial charge in [0.05, 0.1) is 17.9 Å². The van der Waals surface area contributed by atoms with Crippen LogP contribution in [0.5, 0.6) is 0 Å². The lowest BCUT2D eigenvalue weighted by Crippen LogP contribution is -2.37. The number of hydrogen-bond donors (Lipinski definition) is 1. The van der Waals surface area contributed by atoms with Crippen LogP contribution in [0.3, 0.4) is 0 Å². The lowest BCUT2D eigenvalue weighted by atomic mass is 10.2. The van der Waals surface area contributed by atoms with Gasteiger partial charge in [-0.1, -0.05) is 30.3 Å². The van der Waals surface area contributed by atoms with E-state index in [1.807, 2.05) is 0 Å². The summed E-state index contributed by atoms with van der Waals surface area (Å²) in [6.07, 6.45) is 1.62. The minimum absolute atomic E-state index is 0.156. The maximum atomic E-state index is 12.0. The SMILES string of the molecule is CC(COC(=O)C=CC(=O)OC(C)C)NS(=O)(=O)Cc1ccccc1. The zero-order chi connectivity index (χ0) is 18.9. The predicted molar refractivity (Wildman–Crippen MR) is 93.0 cm³/mol. The number of ether oxygens (including phenoxy) is 2. The third-order valence-corrected chi connectivity index (χ3v) is 4.24. The normalized spacial score (nSPS) is 13.0. The maximum absolute atomic E-state index is 12.0. The highest BCUT2D eigenvalue weighted by atomic mass is 32.2. The molecule has 7 nitrogen and oxygen atoms in total. The summed E-state index contributed by atoms with van der Waals surface area (Å²) in [6.45, 7) is 4.80. The second kappa shape index (κ2) is 9.95. The molecule has 0 saturated heterocycles. The minimum atomic E-state index is -3.55. The van der Waals surface area contributed by atoms with Gasteiger partial charge in [0, 0.05) is 12.2 Å². The number of carbonyl (C=O) groups is 2. The van der Waals surface area contributed by atoms with Gasteiger partial charge in [0.25, 0.3) is 0 Å². The molecule has 1 aromatic rings. The number of benzene rings is 1. The summed E-state index contributed by atoms with van der Waals surface area (Å²) >= 11 is 0. The Balaban J connectivity index is 2.41. The fourth-order valence-electron chi connectivity index (χ4n) is 1.84. The van der Waals surface area contributed by atoms with Gasteiger partial charge in [-0.3, -0.25) is 0 Å². The molecule has 0 aromatic heterocycles. The molecular weight excluding hydrogens is 346 g/mol. The number of carbonyl (C=O) groups excluding carboxylic acids is 2. The molecule has 0 spiro atoms. The van der Waals surface area contributed by atoms with Gasteiger partial charge < -0.3 is 9.47 Å². The summed E-state index contributed by atoms with van der Waals surface area (Å²) in [7, 11) is -3.55. The Labute approximate surface area is 148 Å². The topological polar surface area (TPSA) is 98.8 Å². The van der Waals surface area contributed by atoms with Crippen molar-refractivity contribution in [2.24, 2.45) is 0 Å². The molecule has 25 heavy (non-hydrogen) atoms. The third-order valence-electron chi connectivity index (χ3n) is 2.76. The molecule has 1 N–H and O–H groups in total. The van der Waals surface area contributed by atoms with Gasteiger partial charge in [-0.2, -0.15) is 0 Å². The fourth-order valence-corrected chi connectivity index (χ4v) is 3.23. The molecule has 0 amide bonds. The van der Waals surface area contributed by atoms with Crippen LogP contribution in [0.15, 0.2) is 42.5 Å². The third kappa shape index (κ3) is 9.63. The van der Waals surface area contributed by atoms with E-state index in [1.165, 1.54) is 0 Å². The highest BCUT2D eigenvalue weighted by Crippen LogP contribution is 2.05. The Morgan fingerprint density at radius 1 is 1.08 bits per heavy atom. The van der Waals surface area contributed by atoms with Gasteiger partial charge >= 0.3 is 11.9 Å². The van der Waals surface area contributed by atoms with Crippen LogP contribution in [0, 0.1) is 0 Å². The molecule has 0 fully saturated rings. The van der Waals surface area contributed by atoms with E-state index in [4.69, 9.17) is 9.47 Å². The van der Waals surface area contributed by atoms with E-state index in [2.05, 4.69) is 4.72 Å². The van der Waals surface area contributed by atoms with E-state index in [1.54, 1.807) is 51.1 Å². The van der Waals surface area contributed by atoms with Crippen molar-refractivity contribution in [1.29, 1.82) is 0 Å². The van der Waals surface area contributed by atoms with Gasteiger partial charge in [-0.15, -0.1) is 0 Å². The van der Waals surface area contributed by atoms with Crippen LogP contribution in [0.4, 0.5) is 0 Å². The minimum Gasteiger partial charge on any atom is -0.461 e. The van der Waals surface area contributed by atoms with Crippen molar-refractivity contribution in [3.05, 3.63) is 48.0 Å². The molecule has 0 radical (unpaired) electrons.